The lowest BCUT2D eigenvalue weighted by molar-refractivity contribution is -0.137. The molecule has 18 heavy (non-hydrogen) atoms. The molecule has 1 nitrogen and oxygen atoms in total. The molecule has 0 heterocycles. The van der Waals surface area contributed by atoms with Gasteiger partial charge in [0.2, 0.25) is 0 Å². The predicted octanol–water partition coefficient (Wildman–Crippen LogP) is 3.33. The van der Waals surface area contributed by atoms with Gasteiger partial charge in [-0.15, -0.1) is 0 Å². The number of hydrogen-bond acceptors (Lipinski definition) is 1. The minimum atomic E-state index is -4.26. The van der Waals surface area contributed by atoms with Gasteiger partial charge in [0.1, 0.15) is 0 Å². The average Bonchev–Trinajstić information content (AvgIpc) is 3.20. The van der Waals surface area contributed by atoms with Crippen LogP contribution in [0, 0.1) is 11.8 Å². The Hall–Kier alpha value is -1.03. The highest BCUT2D eigenvalue weighted by atomic mass is 19.4. The summed E-state index contributed by atoms with van der Waals surface area (Å²) in [5.74, 6) is 0.919. The van der Waals surface area contributed by atoms with Crippen LogP contribution in [0.4, 0.5) is 13.2 Å². The van der Waals surface area contributed by atoms with E-state index in [1.165, 1.54) is 12.1 Å². The Bertz CT molecular complexity index is 464. The van der Waals surface area contributed by atoms with Crippen LogP contribution in [0.3, 0.4) is 0 Å². The summed E-state index contributed by atoms with van der Waals surface area (Å²) >= 11 is 0. The summed E-state index contributed by atoms with van der Waals surface area (Å²) in [5, 5.41) is 0. The molecule has 2 fully saturated rings. The maximum absolute atomic E-state index is 12.7. The van der Waals surface area contributed by atoms with Gasteiger partial charge < -0.3 is 5.73 Å². The number of halogens is 3. The van der Waals surface area contributed by atoms with Gasteiger partial charge in [0.25, 0.3) is 0 Å². The lowest BCUT2D eigenvalue weighted by Crippen LogP contribution is -2.18. The van der Waals surface area contributed by atoms with Crippen LogP contribution in [0.15, 0.2) is 24.3 Å². The molecule has 2 aliphatic carbocycles. The Morgan fingerprint density at radius 2 is 2.00 bits per heavy atom. The quantitative estimate of drug-likeness (QED) is 0.880. The van der Waals surface area contributed by atoms with E-state index in [9.17, 15) is 13.2 Å². The maximum Gasteiger partial charge on any atom is 0.416 e. The van der Waals surface area contributed by atoms with Crippen molar-refractivity contribution in [1.82, 2.24) is 0 Å². The monoisotopic (exact) mass is 255 g/mol. The molecule has 1 aromatic rings. The van der Waals surface area contributed by atoms with Crippen LogP contribution in [0.5, 0.6) is 0 Å². The molecule has 1 unspecified atom stereocenters. The van der Waals surface area contributed by atoms with Gasteiger partial charge in [-0.3, -0.25) is 0 Å². The van der Waals surface area contributed by atoms with Crippen molar-refractivity contribution in [2.24, 2.45) is 17.6 Å². The van der Waals surface area contributed by atoms with Crippen molar-refractivity contribution in [1.29, 1.82) is 0 Å². The lowest BCUT2D eigenvalue weighted by atomic mass is 9.87. The lowest BCUT2D eigenvalue weighted by Gasteiger charge is -2.19. The molecule has 3 rings (SSSR count). The van der Waals surface area contributed by atoms with Gasteiger partial charge in [0, 0.05) is 5.41 Å². The van der Waals surface area contributed by atoms with Gasteiger partial charge in [-0.25, -0.2) is 0 Å². The van der Waals surface area contributed by atoms with E-state index in [2.05, 4.69) is 0 Å². The summed E-state index contributed by atoms with van der Waals surface area (Å²) < 4.78 is 38.2. The normalized spacial score (nSPS) is 31.4. The van der Waals surface area contributed by atoms with Crippen LogP contribution >= 0.6 is 0 Å². The molecule has 2 N–H and O–H groups in total. The first-order chi connectivity index (χ1) is 8.48. The molecule has 4 heteroatoms. The molecule has 0 aliphatic heterocycles. The molecule has 0 spiro atoms. The third-order valence-corrected chi connectivity index (χ3v) is 4.47. The second-order valence-electron chi connectivity index (χ2n) is 5.53. The van der Waals surface area contributed by atoms with E-state index in [4.69, 9.17) is 5.73 Å². The molecule has 0 radical (unpaired) electrons. The second-order valence-corrected chi connectivity index (χ2v) is 5.53. The van der Waals surface area contributed by atoms with Crippen molar-refractivity contribution in [2.45, 2.75) is 30.9 Å². The smallest absolute Gasteiger partial charge is 0.330 e. The molecule has 0 saturated heterocycles. The largest absolute Gasteiger partial charge is 0.416 e. The molecule has 2 atom stereocenters. The Morgan fingerprint density at radius 1 is 1.28 bits per heavy atom. The average molecular weight is 255 g/mol. The Kier molecular flexibility index (Phi) is 2.49. The first kappa shape index (κ1) is 12.0. The van der Waals surface area contributed by atoms with Gasteiger partial charge in [-0.05, 0) is 49.3 Å². The zero-order chi connectivity index (χ0) is 13.0. The highest BCUT2D eigenvalue weighted by molar-refractivity contribution is 5.40. The van der Waals surface area contributed by atoms with E-state index >= 15 is 0 Å². The van der Waals surface area contributed by atoms with E-state index in [-0.39, 0.29) is 5.41 Å². The zero-order valence-corrected chi connectivity index (χ0v) is 10.0. The number of nitrogens with two attached hydrogens (primary N) is 1. The van der Waals surface area contributed by atoms with Crippen molar-refractivity contribution < 1.29 is 13.2 Å². The number of benzene rings is 1. The van der Waals surface area contributed by atoms with Crippen molar-refractivity contribution in [3.05, 3.63) is 35.4 Å². The predicted molar refractivity (Wildman–Crippen MR) is 63.0 cm³/mol. The fourth-order valence-electron chi connectivity index (χ4n) is 3.32. The summed E-state index contributed by atoms with van der Waals surface area (Å²) in [5.41, 5.74) is 5.97. The molecule has 2 saturated carbocycles. The van der Waals surface area contributed by atoms with Crippen molar-refractivity contribution in [3.63, 3.8) is 0 Å². The first-order valence-electron chi connectivity index (χ1n) is 6.36. The van der Waals surface area contributed by atoms with Crippen molar-refractivity contribution in [2.75, 3.05) is 6.54 Å². The van der Waals surface area contributed by atoms with Crippen LogP contribution < -0.4 is 5.73 Å². The second kappa shape index (κ2) is 3.73. The van der Waals surface area contributed by atoms with Gasteiger partial charge in [-0.2, -0.15) is 13.2 Å². The number of alkyl halides is 3. The number of hydrogen-bond donors (Lipinski definition) is 1. The van der Waals surface area contributed by atoms with Crippen LogP contribution in [0.1, 0.15) is 30.4 Å². The third kappa shape index (κ3) is 1.74. The summed E-state index contributed by atoms with van der Waals surface area (Å²) in [7, 11) is 0. The minimum absolute atomic E-state index is 0.0456. The molecule has 0 bridgehead atoms. The molecule has 1 aromatic carbocycles. The van der Waals surface area contributed by atoms with Gasteiger partial charge in [0.15, 0.2) is 0 Å². The van der Waals surface area contributed by atoms with E-state index in [0.717, 1.165) is 30.9 Å². The third-order valence-electron chi connectivity index (χ3n) is 4.47. The van der Waals surface area contributed by atoms with E-state index in [1.807, 2.05) is 6.07 Å². The summed E-state index contributed by atoms with van der Waals surface area (Å²) in [6, 6.07) is 5.83. The molecule has 98 valence electrons. The molecular weight excluding hydrogens is 239 g/mol. The standard InChI is InChI=1S/C14H16F3N/c15-14(16,17)11-3-1-2-10(6-11)13(9-4-5-9)7-12(13)8-18/h1-3,6,9,12H,4-5,7-8,18H2/t12-,13?/m0/s1. The highest BCUT2D eigenvalue weighted by Gasteiger charge is 2.62. The summed E-state index contributed by atoms with van der Waals surface area (Å²) in [6.07, 6.45) is -1.04. The van der Waals surface area contributed by atoms with Crippen LogP contribution in [-0.4, -0.2) is 6.54 Å². The Balaban J connectivity index is 1.97. The van der Waals surface area contributed by atoms with Crippen molar-refractivity contribution in [3.8, 4) is 0 Å². The minimum Gasteiger partial charge on any atom is -0.330 e. The van der Waals surface area contributed by atoms with Crippen LogP contribution in [-0.2, 0) is 11.6 Å². The molecule has 0 aromatic heterocycles. The van der Waals surface area contributed by atoms with Gasteiger partial charge in [-0.1, -0.05) is 18.2 Å². The fraction of sp³-hybridized carbons (Fsp3) is 0.571. The molecule has 0 amide bonds. The van der Waals surface area contributed by atoms with Crippen LogP contribution in [0.25, 0.3) is 0 Å². The SMILES string of the molecule is NC[C@@H]1CC1(c1cccc(C(F)(F)F)c1)C1CC1. The van der Waals surface area contributed by atoms with E-state index in [0.29, 0.717) is 18.4 Å². The van der Waals surface area contributed by atoms with Crippen LogP contribution in [0.2, 0.25) is 0 Å². The Labute approximate surface area is 104 Å². The molecular formula is C14H16F3N. The first-order valence-corrected chi connectivity index (χ1v) is 6.36. The zero-order valence-electron chi connectivity index (χ0n) is 10.0. The van der Waals surface area contributed by atoms with Gasteiger partial charge in [0.05, 0.1) is 5.56 Å². The summed E-state index contributed by atoms with van der Waals surface area (Å²) in [6.45, 7) is 0.576. The van der Waals surface area contributed by atoms with E-state index < -0.39 is 11.7 Å². The molecule has 2 aliphatic rings. The fourth-order valence-corrected chi connectivity index (χ4v) is 3.32. The Morgan fingerprint density at radius 3 is 2.50 bits per heavy atom. The van der Waals surface area contributed by atoms with Crippen molar-refractivity contribution >= 4 is 0 Å². The van der Waals surface area contributed by atoms with E-state index in [1.54, 1.807) is 0 Å². The highest BCUT2D eigenvalue weighted by Crippen LogP contribution is 2.66. The maximum atomic E-state index is 12.7. The number of rotatable bonds is 3. The summed E-state index contributed by atoms with van der Waals surface area (Å²) in [4.78, 5) is 0. The topological polar surface area (TPSA) is 26.0 Å². The van der Waals surface area contributed by atoms with Gasteiger partial charge >= 0.3 is 6.18 Å².